The molecule has 120 valence electrons. The predicted octanol–water partition coefficient (Wildman–Crippen LogP) is 3.77. The van der Waals surface area contributed by atoms with E-state index in [1.165, 1.54) is 0 Å². The average molecular weight is 308 g/mol. The van der Waals surface area contributed by atoms with Crippen molar-refractivity contribution in [2.75, 3.05) is 27.7 Å². The normalized spacial score (nSPS) is 13.4. The molecule has 1 atom stereocenters. The van der Waals surface area contributed by atoms with Gasteiger partial charge in [-0.15, -0.1) is 0 Å². The molecule has 2 rings (SSSR count). The first-order valence-corrected chi connectivity index (χ1v) is 7.80. The van der Waals surface area contributed by atoms with Crippen LogP contribution >= 0.6 is 0 Å². The van der Waals surface area contributed by atoms with Gasteiger partial charge in [-0.2, -0.15) is 5.26 Å². The summed E-state index contributed by atoms with van der Waals surface area (Å²) in [7, 11) is 5.72. The smallest absolute Gasteiger partial charge is 0.124 e. The number of methoxy groups -OCH3 is 1. The van der Waals surface area contributed by atoms with Crippen molar-refractivity contribution in [2.24, 2.45) is 0 Å². The van der Waals surface area contributed by atoms with E-state index in [0.717, 1.165) is 29.0 Å². The van der Waals surface area contributed by atoms with Crippen LogP contribution in [0.4, 0.5) is 0 Å². The summed E-state index contributed by atoms with van der Waals surface area (Å²) >= 11 is 0. The second-order valence-corrected chi connectivity index (χ2v) is 6.09. The van der Waals surface area contributed by atoms with Crippen molar-refractivity contribution < 1.29 is 4.74 Å². The van der Waals surface area contributed by atoms with Gasteiger partial charge < -0.3 is 9.64 Å². The van der Waals surface area contributed by atoms with Crippen molar-refractivity contribution in [3.05, 3.63) is 65.2 Å². The third kappa shape index (κ3) is 3.38. The molecule has 0 fully saturated rings. The van der Waals surface area contributed by atoms with E-state index in [4.69, 9.17) is 4.74 Å². The zero-order chi connectivity index (χ0) is 16.9. The summed E-state index contributed by atoms with van der Waals surface area (Å²) < 4.78 is 5.56. The molecule has 0 N–H and O–H groups in total. The van der Waals surface area contributed by atoms with Gasteiger partial charge in [0.15, 0.2) is 0 Å². The molecule has 0 radical (unpaired) electrons. The number of rotatable bonds is 6. The number of hydrogen-bond acceptors (Lipinski definition) is 3. The van der Waals surface area contributed by atoms with Crippen molar-refractivity contribution in [3.63, 3.8) is 0 Å². The Balaban J connectivity index is 2.69. The minimum atomic E-state index is -0.720. The fourth-order valence-corrected chi connectivity index (χ4v) is 3.03. The Kier molecular flexibility index (Phi) is 5.41. The van der Waals surface area contributed by atoms with E-state index in [0.29, 0.717) is 6.42 Å². The zero-order valence-electron chi connectivity index (χ0n) is 14.3. The molecule has 0 saturated heterocycles. The molecule has 2 aromatic carbocycles. The first kappa shape index (κ1) is 17.1. The van der Waals surface area contributed by atoms with Crippen molar-refractivity contribution in [2.45, 2.75) is 18.8 Å². The van der Waals surface area contributed by atoms with Crippen molar-refractivity contribution in [1.29, 1.82) is 5.26 Å². The van der Waals surface area contributed by atoms with Crippen molar-refractivity contribution >= 4 is 0 Å². The number of benzene rings is 2. The van der Waals surface area contributed by atoms with Crippen molar-refractivity contribution in [1.82, 2.24) is 4.90 Å². The highest BCUT2D eigenvalue weighted by Crippen LogP contribution is 2.41. The molecule has 0 aliphatic rings. The summed E-state index contributed by atoms with van der Waals surface area (Å²) in [4.78, 5) is 2.11. The summed E-state index contributed by atoms with van der Waals surface area (Å²) in [5, 5.41) is 10.2. The summed E-state index contributed by atoms with van der Waals surface area (Å²) in [6.45, 7) is 2.88. The number of ether oxygens (including phenoxy) is 1. The highest BCUT2D eigenvalue weighted by molar-refractivity contribution is 5.54. The minimum absolute atomic E-state index is 0.710. The third-order valence-corrected chi connectivity index (χ3v) is 4.30. The van der Waals surface area contributed by atoms with Gasteiger partial charge in [-0.25, -0.2) is 0 Å². The van der Waals surface area contributed by atoms with Gasteiger partial charge in [-0.1, -0.05) is 42.5 Å². The third-order valence-electron chi connectivity index (χ3n) is 4.30. The van der Waals surface area contributed by atoms with Gasteiger partial charge in [0.05, 0.1) is 13.2 Å². The molecule has 3 heteroatoms. The molecule has 0 aliphatic carbocycles. The number of hydrogen-bond donors (Lipinski definition) is 0. The van der Waals surface area contributed by atoms with Crippen LogP contribution in [0.2, 0.25) is 0 Å². The van der Waals surface area contributed by atoms with Gasteiger partial charge in [0, 0.05) is 5.56 Å². The van der Waals surface area contributed by atoms with E-state index in [1.807, 2.05) is 50.5 Å². The summed E-state index contributed by atoms with van der Waals surface area (Å²) in [6.07, 6.45) is 0.710. The average Bonchev–Trinajstić information content (AvgIpc) is 2.57. The summed E-state index contributed by atoms with van der Waals surface area (Å²) in [5.74, 6) is 0.760. The molecule has 0 aliphatic heterocycles. The second-order valence-electron chi connectivity index (χ2n) is 6.09. The Morgan fingerprint density at radius 2 is 1.65 bits per heavy atom. The maximum atomic E-state index is 10.2. The Bertz CT molecular complexity index is 703. The Hall–Kier alpha value is -2.31. The van der Waals surface area contributed by atoms with Crippen LogP contribution in [0.15, 0.2) is 48.5 Å². The molecule has 0 heterocycles. The molecule has 1 unspecified atom stereocenters. The summed E-state index contributed by atoms with van der Waals surface area (Å²) in [5.41, 5.74) is 2.39. The van der Waals surface area contributed by atoms with Crippen LogP contribution < -0.4 is 4.74 Å². The van der Waals surface area contributed by atoms with E-state index < -0.39 is 5.41 Å². The maximum Gasteiger partial charge on any atom is 0.124 e. The van der Waals surface area contributed by atoms with Crippen LogP contribution in [0.1, 0.15) is 23.1 Å². The number of nitrogens with zero attached hydrogens (tertiary/aromatic N) is 2. The number of nitriles is 1. The van der Waals surface area contributed by atoms with Gasteiger partial charge in [0.25, 0.3) is 0 Å². The van der Waals surface area contributed by atoms with Crippen LogP contribution in [0.25, 0.3) is 0 Å². The largest absolute Gasteiger partial charge is 0.496 e. The Morgan fingerprint density at radius 1 is 1.04 bits per heavy atom. The quantitative estimate of drug-likeness (QED) is 0.815. The standard InChI is InChI=1S/C20H24N2O/c1-16-9-5-6-10-17(16)20(15-21,13-14-22(2)3)18-11-7-8-12-19(18)23-4/h5-12H,13-14H2,1-4H3. The van der Waals surface area contributed by atoms with E-state index >= 15 is 0 Å². The lowest BCUT2D eigenvalue weighted by atomic mass is 9.71. The van der Waals surface area contributed by atoms with E-state index in [9.17, 15) is 5.26 Å². The van der Waals surface area contributed by atoms with Crippen molar-refractivity contribution in [3.8, 4) is 11.8 Å². The number of aryl methyl sites for hydroxylation is 1. The zero-order valence-corrected chi connectivity index (χ0v) is 14.3. The fraction of sp³-hybridized carbons (Fsp3) is 0.350. The lowest BCUT2D eigenvalue weighted by Gasteiger charge is -2.31. The van der Waals surface area contributed by atoms with Crippen LogP contribution in [0.3, 0.4) is 0 Å². The van der Waals surface area contributed by atoms with E-state index in [1.54, 1.807) is 7.11 Å². The topological polar surface area (TPSA) is 36.3 Å². The molecule has 2 aromatic rings. The molecular weight excluding hydrogens is 284 g/mol. The van der Waals surface area contributed by atoms with Crippen LogP contribution in [0.5, 0.6) is 5.75 Å². The van der Waals surface area contributed by atoms with Crippen LogP contribution in [-0.4, -0.2) is 32.6 Å². The first-order valence-electron chi connectivity index (χ1n) is 7.80. The molecule has 0 spiro atoms. The van der Waals surface area contributed by atoms with Crippen LogP contribution in [0, 0.1) is 18.3 Å². The second kappa shape index (κ2) is 7.30. The SMILES string of the molecule is COc1ccccc1C(C#N)(CCN(C)C)c1ccccc1C. The molecule has 0 amide bonds. The van der Waals surface area contributed by atoms with Crippen LogP contribution in [-0.2, 0) is 5.41 Å². The summed E-state index contributed by atoms with van der Waals surface area (Å²) in [6, 6.07) is 18.6. The predicted molar refractivity (Wildman–Crippen MR) is 93.7 cm³/mol. The number of para-hydroxylation sites is 1. The van der Waals surface area contributed by atoms with Gasteiger partial charge >= 0.3 is 0 Å². The highest BCUT2D eigenvalue weighted by Gasteiger charge is 2.37. The van der Waals surface area contributed by atoms with Gasteiger partial charge in [0.2, 0.25) is 0 Å². The molecule has 0 bridgehead atoms. The van der Waals surface area contributed by atoms with E-state index in [2.05, 4.69) is 30.0 Å². The fourth-order valence-electron chi connectivity index (χ4n) is 3.03. The van der Waals surface area contributed by atoms with Gasteiger partial charge in [-0.3, -0.25) is 0 Å². The lowest BCUT2D eigenvalue weighted by molar-refractivity contribution is 0.360. The van der Waals surface area contributed by atoms with Gasteiger partial charge in [-0.05, 0) is 51.2 Å². The molecular formula is C20H24N2O. The first-order chi connectivity index (χ1) is 11.0. The highest BCUT2D eigenvalue weighted by atomic mass is 16.5. The Labute approximate surface area is 139 Å². The Morgan fingerprint density at radius 3 is 2.22 bits per heavy atom. The molecule has 0 aromatic heterocycles. The maximum absolute atomic E-state index is 10.2. The van der Waals surface area contributed by atoms with E-state index in [-0.39, 0.29) is 0 Å². The molecule has 23 heavy (non-hydrogen) atoms. The lowest BCUT2D eigenvalue weighted by Crippen LogP contribution is -2.32. The van der Waals surface area contributed by atoms with Gasteiger partial charge in [0.1, 0.15) is 11.2 Å². The molecule has 0 saturated carbocycles. The monoisotopic (exact) mass is 308 g/mol. The minimum Gasteiger partial charge on any atom is -0.496 e. The molecule has 3 nitrogen and oxygen atoms in total.